The molecular formula is C20H18ClN5O2. The fourth-order valence-electron chi connectivity index (χ4n) is 2.38. The molecule has 0 unspecified atom stereocenters. The van der Waals surface area contributed by atoms with E-state index in [4.69, 9.17) is 16.4 Å². The van der Waals surface area contributed by atoms with Crippen molar-refractivity contribution in [1.29, 1.82) is 0 Å². The quantitative estimate of drug-likeness (QED) is 0.497. The average Bonchev–Trinajstić information content (AvgIpc) is 2.71. The van der Waals surface area contributed by atoms with Crippen LogP contribution in [0.1, 0.15) is 34.8 Å². The Hall–Kier alpha value is -3.32. The molecule has 0 saturated carbocycles. The van der Waals surface area contributed by atoms with Gasteiger partial charge in [-0.2, -0.15) is 0 Å². The van der Waals surface area contributed by atoms with Crippen LogP contribution in [0, 0.1) is 6.92 Å². The van der Waals surface area contributed by atoms with E-state index in [0.29, 0.717) is 28.5 Å². The third-order valence-corrected chi connectivity index (χ3v) is 4.21. The van der Waals surface area contributed by atoms with Crippen LogP contribution in [-0.4, -0.2) is 26.6 Å². The first-order chi connectivity index (χ1) is 13.6. The summed E-state index contributed by atoms with van der Waals surface area (Å²) >= 11 is 6.01. The van der Waals surface area contributed by atoms with Crippen LogP contribution in [0.25, 0.3) is 0 Å². The predicted molar refractivity (Wildman–Crippen MR) is 108 cm³/mol. The van der Waals surface area contributed by atoms with Gasteiger partial charge in [0.15, 0.2) is 0 Å². The second-order valence-electron chi connectivity index (χ2n) is 5.85. The molecule has 0 spiro atoms. The zero-order chi connectivity index (χ0) is 19.9. The number of rotatable bonds is 6. The van der Waals surface area contributed by atoms with Gasteiger partial charge in [-0.3, -0.25) is 9.78 Å². The molecule has 3 rings (SSSR count). The van der Waals surface area contributed by atoms with Gasteiger partial charge in [0.25, 0.3) is 11.8 Å². The number of aryl methyl sites for hydroxylation is 1. The second-order valence-corrected chi connectivity index (χ2v) is 6.26. The lowest BCUT2D eigenvalue weighted by atomic mass is 10.1. The number of hydrogen-bond acceptors (Lipinski definition) is 6. The first kappa shape index (κ1) is 19.4. The minimum atomic E-state index is -0.261. The Balaban J connectivity index is 1.72. The first-order valence-electron chi connectivity index (χ1n) is 8.61. The smallest absolute Gasteiger partial charge is 0.267 e. The van der Waals surface area contributed by atoms with Gasteiger partial charge in [-0.05, 0) is 49.2 Å². The number of halogens is 1. The van der Waals surface area contributed by atoms with E-state index in [9.17, 15) is 4.79 Å². The predicted octanol–water partition coefficient (Wildman–Crippen LogP) is 4.28. The molecule has 1 amide bonds. The summed E-state index contributed by atoms with van der Waals surface area (Å²) in [6.45, 7) is 3.80. The zero-order valence-electron chi connectivity index (χ0n) is 15.4. The number of oxime groups is 1. The maximum atomic E-state index is 12.3. The number of carbonyl (C=O) groups is 1. The molecule has 0 aliphatic rings. The van der Waals surface area contributed by atoms with Crippen molar-refractivity contribution in [2.45, 2.75) is 20.3 Å². The van der Waals surface area contributed by atoms with Gasteiger partial charge >= 0.3 is 0 Å². The van der Waals surface area contributed by atoms with E-state index in [2.05, 4.69) is 25.4 Å². The molecule has 3 aromatic rings. The minimum Gasteiger partial charge on any atom is -0.335 e. The summed E-state index contributed by atoms with van der Waals surface area (Å²) in [6.07, 6.45) is 6.99. The van der Waals surface area contributed by atoms with Crippen LogP contribution in [0.5, 0.6) is 5.88 Å². The van der Waals surface area contributed by atoms with Crippen LogP contribution in [0.3, 0.4) is 0 Å². The number of pyridine rings is 3. The number of nitrogens with zero attached hydrogens (tertiary/aromatic N) is 4. The van der Waals surface area contributed by atoms with E-state index in [-0.39, 0.29) is 11.8 Å². The van der Waals surface area contributed by atoms with Crippen molar-refractivity contribution in [2.75, 3.05) is 5.32 Å². The van der Waals surface area contributed by atoms with Gasteiger partial charge in [-0.15, -0.1) is 0 Å². The molecule has 7 nitrogen and oxygen atoms in total. The highest BCUT2D eigenvalue weighted by atomic mass is 35.5. The number of nitrogens with one attached hydrogen (secondary N) is 1. The molecule has 0 saturated heterocycles. The highest BCUT2D eigenvalue weighted by Gasteiger charge is 2.11. The molecule has 0 aromatic carbocycles. The summed E-state index contributed by atoms with van der Waals surface area (Å²) in [4.78, 5) is 30.0. The van der Waals surface area contributed by atoms with Crippen molar-refractivity contribution in [3.05, 3.63) is 76.8 Å². The lowest BCUT2D eigenvalue weighted by Gasteiger charge is -2.08. The fraction of sp³-hybridized carbons (Fsp3) is 0.150. The van der Waals surface area contributed by atoms with E-state index in [0.717, 1.165) is 11.1 Å². The van der Waals surface area contributed by atoms with E-state index in [1.54, 1.807) is 42.9 Å². The molecule has 142 valence electrons. The maximum absolute atomic E-state index is 12.3. The van der Waals surface area contributed by atoms with Crippen molar-refractivity contribution < 1.29 is 9.63 Å². The number of anilines is 1. The van der Waals surface area contributed by atoms with Crippen molar-refractivity contribution >= 4 is 29.0 Å². The van der Waals surface area contributed by atoms with Crippen molar-refractivity contribution in [3.63, 3.8) is 0 Å². The van der Waals surface area contributed by atoms with Gasteiger partial charge in [0, 0.05) is 30.4 Å². The summed E-state index contributed by atoms with van der Waals surface area (Å²) in [5.41, 5.74) is 2.79. The lowest BCUT2D eigenvalue weighted by molar-refractivity contribution is 0.102. The molecule has 0 radical (unpaired) electrons. The second kappa shape index (κ2) is 9.05. The Morgan fingerprint density at radius 2 is 2.04 bits per heavy atom. The standard InChI is InChI=1S/C20H18ClN5O2/c1-3-17(26-28-20-16(21)5-4-9-23-20)14-6-7-18(24-11-14)25-19(27)15-12-22-10-8-13(15)2/h4-12H,3H2,1-2H3,(H,24,25,27). The highest BCUT2D eigenvalue weighted by molar-refractivity contribution is 6.31. The SMILES string of the molecule is CCC(=NOc1ncccc1Cl)c1ccc(NC(=O)c2cnccc2C)nc1. The number of hydrogen-bond donors (Lipinski definition) is 1. The topological polar surface area (TPSA) is 89.4 Å². The van der Waals surface area contributed by atoms with E-state index in [1.807, 2.05) is 19.9 Å². The molecule has 0 fully saturated rings. The maximum Gasteiger partial charge on any atom is 0.267 e. The van der Waals surface area contributed by atoms with Gasteiger partial charge in [-0.25, -0.2) is 9.97 Å². The van der Waals surface area contributed by atoms with Gasteiger partial charge in [0.05, 0.1) is 11.3 Å². The minimum absolute atomic E-state index is 0.235. The van der Waals surface area contributed by atoms with E-state index in [1.165, 1.54) is 6.20 Å². The largest absolute Gasteiger partial charge is 0.335 e. The van der Waals surface area contributed by atoms with Gasteiger partial charge in [0.2, 0.25) is 0 Å². The molecule has 0 atom stereocenters. The van der Waals surface area contributed by atoms with Crippen LogP contribution in [0.15, 0.2) is 60.3 Å². The molecule has 0 aliphatic carbocycles. The number of aromatic nitrogens is 3. The van der Waals surface area contributed by atoms with Crippen LogP contribution >= 0.6 is 11.6 Å². The Labute approximate surface area is 167 Å². The molecule has 8 heteroatoms. The molecule has 0 bridgehead atoms. The summed E-state index contributed by atoms with van der Waals surface area (Å²) in [5.74, 6) is 0.406. The van der Waals surface area contributed by atoms with E-state index >= 15 is 0 Å². The molecule has 1 N–H and O–H groups in total. The van der Waals surface area contributed by atoms with Gasteiger partial charge in [-0.1, -0.05) is 23.7 Å². The Morgan fingerprint density at radius 1 is 1.18 bits per heavy atom. The Kier molecular flexibility index (Phi) is 6.29. The van der Waals surface area contributed by atoms with Crippen molar-refractivity contribution in [2.24, 2.45) is 5.16 Å². The summed E-state index contributed by atoms with van der Waals surface area (Å²) in [6, 6.07) is 8.68. The van der Waals surface area contributed by atoms with Crippen LogP contribution < -0.4 is 10.2 Å². The molecule has 3 aromatic heterocycles. The molecule has 3 heterocycles. The van der Waals surface area contributed by atoms with Crippen molar-refractivity contribution in [1.82, 2.24) is 15.0 Å². The summed E-state index contributed by atoms with van der Waals surface area (Å²) in [7, 11) is 0. The normalized spacial score (nSPS) is 11.2. The van der Waals surface area contributed by atoms with Crippen LogP contribution in [0.2, 0.25) is 5.02 Å². The number of amides is 1. The third kappa shape index (κ3) is 4.69. The fourth-order valence-corrected chi connectivity index (χ4v) is 2.54. The lowest BCUT2D eigenvalue weighted by Crippen LogP contribution is -2.15. The number of carbonyl (C=O) groups excluding carboxylic acids is 1. The van der Waals surface area contributed by atoms with Crippen molar-refractivity contribution in [3.8, 4) is 5.88 Å². The van der Waals surface area contributed by atoms with E-state index < -0.39 is 0 Å². The molecule has 28 heavy (non-hydrogen) atoms. The zero-order valence-corrected chi connectivity index (χ0v) is 16.1. The third-order valence-electron chi connectivity index (χ3n) is 3.92. The highest BCUT2D eigenvalue weighted by Crippen LogP contribution is 2.20. The Bertz CT molecular complexity index is 1010. The average molecular weight is 396 g/mol. The van der Waals surface area contributed by atoms with Crippen LogP contribution in [0.4, 0.5) is 5.82 Å². The van der Waals surface area contributed by atoms with Crippen LogP contribution in [-0.2, 0) is 0 Å². The van der Waals surface area contributed by atoms with Gasteiger partial charge < -0.3 is 10.2 Å². The molecular weight excluding hydrogens is 378 g/mol. The monoisotopic (exact) mass is 395 g/mol. The molecule has 0 aliphatic heterocycles. The first-order valence-corrected chi connectivity index (χ1v) is 8.99. The summed E-state index contributed by atoms with van der Waals surface area (Å²) in [5, 5.41) is 7.27. The summed E-state index contributed by atoms with van der Waals surface area (Å²) < 4.78 is 0. The Morgan fingerprint density at radius 3 is 2.71 bits per heavy atom. The van der Waals surface area contributed by atoms with Gasteiger partial charge in [0.1, 0.15) is 10.8 Å².